The van der Waals surface area contributed by atoms with E-state index in [-0.39, 0.29) is 5.69 Å². The van der Waals surface area contributed by atoms with Gasteiger partial charge in [-0.3, -0.25) is 4.72 Å². The number of aliphatic hydroxyl groups is 1. The average molecular weight is 377 g/mol. The lowest BCUT2D eigenvalue weighted by Crippen LogP contribution is -2.27. The van der Waals surface area contributed by atoms with E-state index in [0.717, 1.165) is 11.8 Å². The summed E-state index contributed by atoms with van der Waals surface area (Å²) < 4.78 is 26.0. The van der Waals surface area contributed by atoms with E-state index >= 15 is 0 Å². The Kier molecular flexibility index (Phi) is 5.31. The SMILES string of the molecule is CS(=O)(=O)Nc1ccccc1C(O)(C#Cc1ccccc1)c1ccccc1. The van der Waals surface area contributed by atoms with E-state index in [1.807, 2.05) is 36.4 Å². The Morgan fingerprint density at radius 2 is 1.41 bits per heavy atom. The smallest absolute Gasteiger partial charge is 0.229 e. The minimum absolute atomic E-state index is 0.286. The van der Waals surface area contributed by atoms with Gasteiger partial charge in [0.15, 0.2) is 5.60 Å². The van der Waals surface area contributed by atoms with Gasteiger partial charge in [0.05, 0.1) is 11.9 Å². The van der Waals surface area contributed by atoms with Crippen LogP contribution >= 0.6 is 0 Å². The molecule has 3 rings (SSSR count). The van der Waals surface area contributed by atoms with Crippen molar-refractivity contribution < 1.29 is 13.5 Å². The average Bonchev–Trinajstić information content (AvgIpc) is 2.67. The first-order valence-corrected chi connectivity index (χ1v) is 10.2. The number of hydrogen-bond donors (Lipinski definition) is 2. The zero-order chi connectivity index (χ0) is 19.3. The summed E-state index contributed by atoms with van der Waals surface area (Å²) in [6, 6.07) is 25.0. The summed E-state index contributed by atoms with van der Waals surface area (Å²) >= 11 is 0. The Morgan fingerprint density at radius 3 is 2.04 bits per heavy atom. The summed E-state index contributed by atoms with van der Waals surface area (Å²) in [6.45, 7) is 0. The van der Waals surface area contributed by atoms with Gasteiger partial charge in [-0.05, 0) is 18.2 Å². The van der Waals surface area contributed by atoms with Gasteiger partial charge in [0.1, 0.15) is 0 Å². The van der Waals surface area contributed by atoms with Gasteiger partial charge in [0.2, 0.25) is 10.0 Å². The topological polar surface area (TPSA) is 66.4 Å². The number of anilines is 1. The molecular formula is C22H19NO3S. The fourth-order valence-electron chi connectivity index (χ4n) is 2.75. The van der Waals surface area contributed by atoms with Gasteiger partial charge in [-0.25, -0.2) is 8.42 Å². The van der Waals surface area contributed by atoms with Crippen LogP contribution in [0.25, 0.3) is 0 Å². The van der Waals surface area contributed by atoms with Crippen molar-refractivity contribution in [3.63, 3.8) is 0 Å². The predicted molar refractivity (Wildman–Crippen MR) is 108 cm³/mol. The van der Waals surface area contributed by atoms with Gasteiger partial charge in [-0.2, -0.15) is 0 Å². The van der Waals surface area contributed by atoms with Gasteiger partial charge in [0.25, 0.3) is 0 Å². The first kappa shape index (κ1) is 18.7. The number of para-hydroxylation sites is 1. The minimum Gasteiger partial charge on any atom is -0.369 e. The Hall–Kier alpha value is -3.07. The molecule has 0 spiro atoms. The molecule has 3 aromatic carbocycles. The van der Waals surface area contributed by atoms with Crippen LogP contribution in [0.15, 0.2) is 84.9 Å². The highest BCUT2D eigenvalue weighted by atomic mass is 32.2. The Labute approximate surface area is 159 Å². The predicted octanol–water partition coefficient (Wildman–Crippen LogP) is 3.35. The second kappa shape index (κ2) is 7.67. The highest BCUT2D eigenvalue weighted by molar-refractivity contribution is 7.92. The van der Waals surface area contributed by atoms with E-state index in [0.29, 0.717) is 11.1 Å². The molecule has 0 aliphatic heterocycles. The molecule has 0 heterocycles. The summed E-state index contributed by atoms with van der Waals surface area (Å²) in [5.41, 5.74) is 0.265. The fourth-order valence-corrected chi connectivity index (χ4v) is 3.32. The molecule has 0 saturated heterocycles. The van der Waals surface area contributed by atoms with Gasteiger partial charge in [-0.15, -0.1) is 0 Å². The highest BCUT2D eigenvalue weighted by Crippen LogP contribution is 2.34. The van der Waals surface area contributed by atoms with E-state index in [1.54, 1.807) is 48.5 Å². The van der Waals surface area contributed by atoms with Crippen LogP contribution in [-0.2, 0) is 15.6 Å². The molecule has 0 aromatic heterocycles. The van der Waals surface area contributed by atoms with Crippen molar-refractivity contribution in [3.05, 3.63) is 102 Å². The van der Waals surface area contributed by atoms with Crippen LogP contribution < -0.4 is 4.72 Å². The van der Waals surface area contributed by atoms with E-state index in [2.05, 4.69) is 16.6 Å². The van der Waals surface area contributed by atoms with Crippen LogP contribution in [0, 0.1) is 11.8 Å². The molecule has 27 heavy (non-hydrogen) atoms. The normalized spacial score (nSPS) is 13.1. The molecule has 136 valence electrons. The molecule has 0 saturated carbocycles. The van der Waals surface area contributed by atoms with Crippen molar-refractivity contribution in [2.75, 3.05) is 11.0 Å². The van der Waals surface area contributed by atoms with Gasteiger partial charge < -0.3 is 5.11 Å². The minimum atomic E-state index is -3.52. The molecule has 3 aromatic rings. The zero-order valence-electron chi connectivity index (χ0n) is 14.8. The molecule has 2 N–H and O–H groups in total. The van der Waals surface area contributed by atoms with Crippen LogP contribution in [-0.4, -0.2) is 19.8 Å². The highest BCUT2D eigenvalue weighted by Gasteiger charge is 2.32. The second-order valence-electron chi connectivity index (χ2n) is 6.11. The molecule has 1 unspecified atom stereocenters. The lowest BCUT2D eigenvalue weighted by Gasteiger charge is -2.26. The van der Waals surface area contributed by atoms with Crippen molar-refractivity contribution in [1.29, 1.82) is 0 Å². The summed E-state index contributed by atoms with van der Waals surface area (Å²) in [5, 5.41) is 11.6. The zero-order valence-corrected chi connectivity index (χ0v) is 15.6. The first-order valence-electron chi connectivity index (χ1n) is 8.32. The Bertz CT molecular complexity index is 1080. The molecule has 0 bridgehead atoms. The lowest BCUT2D eigenvalue weighted by molar-refractivity contribution is 0.146. The number of benzene rings is 3. The Morgan fingerprint density at radius 1 is 0.852 bits per heavy atom. The van der Waals surface area contributed by atoms with Crippen LogP contribution in [0.5, 0.6) is 0 Å². The van der Waals surface area contributed by atoms with Crippen LogP contribution in [0.3, 0.4) is 0 Å². The van der Waals surface area contributed by atoms with Crippen molar-refractivity contribution in [2.45, 2.75) is 5.60 Å². The number of sulfonamides is 1. The summed E-state index contributed by atoms with van der Waals surface area (Å²) in [5.74, 6) is 5.94. The largest absolute Gasteiger partial charge is 0.369 e. The maximum atomic E-state index is 11.8. The Balaban J connectivity index is 2.20. The number of rotatable bonds is 4. The summed E-state index contributed by atoms with van der Waals surface area (Å²) in [7, 11) is -3.52. The third-order valence-corrected chi connectivity index (χ3v) is 4.56. The van der Waals surface area contributed by atoms with Crippen LogP contribution in [0.2, 0.25) is 0 Å². The molecule has 0 fully saturated rings. The third-order valence-electron chi connectivity index (χ3n) is 3.97. The number of hydrogen-bond acceptors (Lipinski definition) is 3. The summed E-state index contributed by atoms with van der Waals surface area (Å²) in [6.07, 6.45) is 1.07. The van der Waals surface area contributed by atoms with Crippen LogP contribution in [0.4, 0.5) is 5.69 Å². The second-order valence-corrected chi connectivity index (χ2v) is 7.86. The van der Waals surface area contributed by atoms with Gasteiger partial charge in [0, 0.05) is 16.7 Å². The van der Waals surface area contributed by atoms with Crippen molar-refractivity contribution in [3.8, 4) is 11.8 Å². The number of nitrogens with one attached hydrogen (secondary N) is 1. The maximum absolute atomic E-state index is 11.8. The molecule has 4 nitrogen and oxygen atoms in total. The molecule has 0 aliphatic rings. The van der Waals surface area contributed by atoms with E-state index in [4.69, 9.17) is 0 Å². The van der Waals surface area contributed by atoms with Gasteiger partial charge in [-0.1, -0.05) is 78.6 Å². The molecule has 0 aliphatic carbocycles. The first-order chi connectivity index (χ1) is 12.9. The van der Waals surface area contributed by atoms with E-state index < -0.39 is 15.6 Å². The monoisotopic (exact) mass is 377 g/mol. The molecule has 5 heteroatoms. The van der Waals surface area contributed by atoms with E-state index in [1.165, 1.54) is 0 Å². The maximum Gasteiger partial charge on any atom is 0.229 e. The van der Waals surface area contributed by atoms with Crippen LogP contribution in [0.1, 0.15) is 16.7 Å². The molecule has 0 radical (unpaired) electrons. The van der Waals surface area contributed by atoms with E-state index in [9.17, 15) is 13.5 Å². The van der Waals surface area contributed by atoms with Crippen molar-refractivity contribution >= 4 is 15.7 Å². The molecule has 1 atom stereocenters. The molecule has 0 amide bonds. The standard InChI is InChI=1S/C22H19NO3S/c1-27(25,26)23-21-15-9-8-14-20(21)22(24,19-12-6-3-7-13-19)17-16-18-10-4-2-5-11-18/h2-15,23-24H,1H3. The van der Waals surface area contributed by atoms with Gasteiger partial charge >= 0.3 is 0 Å². The van der Waals surface area contributed by atoms with Crippen molar-refractivity contribution in [1.82, 2.24) is 0 Å². The quantitative estimate of drug-likeness (QED) is 0.686. The fraction of sp³-hybridized carbons (Fsp3) is 0.0909. The third kappa shape index (κ3) is 4.56. The lowest BCUT2D eigenvalue weighted by atomic mass is 9.85. The van der Waals surface area contributed by atoms with Crippen molar-refractivity contribution in [2.24, 2.45) is 0 Å². The molecular weight excluding hydrogens is 358 g/mol. The summed E-state index contributed by atoms with van der Waals surface area (Å²) in [4.78, 5) is 0.